The number of nitrogens with one attached hydrogen (secondary N) is 3. The summed E-state index contributed by atoms with van der Waals surface area (Å²) in [6.45, 7) is 1.96. The van der Waals surface area contributed by atoms with Gasteiger partial charge in [0.25, 0.3) is 0 Å². The third-order valence-corrected chi connectivity index (χ3v) is 5.04. The second-order valence-electron chi connectivity index (χ2n) is 7.12. The number of carbonyl (C=O) groups excluding carboxylic acids is 1. The number of aromatic nitrogens is 2. The molecule has 1 aromatic carbocycles. The molecule has 3 rings (SSSR count). The molecule has 158 valence electrons. The zero-order valence-electron chi connectivity index (χ0n) is 16.9. The lowest BCUT2D eigenvalue weighted by molar-refractivity contribution is -0.121. The van der Waals surface area contributed by atoms with Gasteiger partial charge in [0, 0.05) is 45.0 Å². The van der Waals surface area contributed by atoms with E-state index in [0.29, 0.717) is 31.5 Å². The summed E-state index contributed by atoms with van der Waals surface area (Å²) in [7, 11) is 1.74. The highest BCUT2D eigenvalue weighted by Crippen LogP contribution is 2.17. The Bertz CT molecular complexity index is 771. The minimum Gasteiger partial charge on any atom is -0.356 e. The van der Waals surface area contributed by atoms with Crippen molar-refractivity contribution in [2.75, 3.05) is 13.6 Å². The number of aliphatic imine (C=N–C) groups is 1. The van der Waals surface area contributed by atoms with E-state index in [4.69, 9.17) is 0 Å². The van der Waals surface area contributed by atoms with Gasteiger partial charge in [-0.25, -0.2) is 0 Å². The van der Waals surface area contributed by atoms with Gasteiger partial charge >= 0.3 is 0 Å². The average molecular weight is 510 g/mol. The summed E-state index contributed by atoms with van der Waals surface area (Å²) in [5, 5.41) is 13.9. The minimum absolute atomic E-state index is 0. The van der Waals surface area contributed by atoms with Crippen LogP contribution in [-0.2, 0) is 17.9 Å². The van der Waals surface area contributed by atoms with Crippen LogP contribution >= 0.6 is 24.0 Å². The van der Waals surface area contributed by atoms with Crippen LogP contribution in [0, 0.1) is 0 Å². The van der Waals surface area contributed by atoms with Crippen molar-refractivity contribution in [3.8, 4) is 0 Å². The van der Waals surface area contributed by atoms with E-state index in [1.165, 1.54) is 24.0 Å². The van der Waals surface area contributed by atoms with Gasteiger partial charge < -0.3 is 16.0 Å². The molecular weight excluding hydrogens is 479 g/mol. The van der Waals surface area contributed by atoms with Crippen molar-refractivity contribution < 1.29 is 4.79 Å². The Morgan fingerprint density at radius 1 is 1.17 bits per heavy atom. The number of carbonyl (C=O) groups is 1. The molecule has 3 N–H and O–H groups in total. The van der Waals surface area contributed by atoms with Gasteiger partial charge in [-0.15, -0.1) is 24.0 Å². The normalized spacial score (nSPS) is 14.3. The molecule has 1 aromatic heterocycles. The van der Waals surface area contributed by atoms with Crippen molar-refractivity contribution in [2.45, 2.75) is 51.2 Å². The van der Waals surface area contributed by atoms with Gasteiger partial charge in [0.15, 0.2) is 5.96 Å². The van der Waals surface area contributed by atoms with Crippen molar-refractivity contribution >= 4 is 35.8 Å². The maximum absolute atomic E-state index is 12.0. The molecule has 0 radical (unpaired) electrons. The molecule has 1 fully saturated rings. The van der Waals surface area contributed by atoms with Crippen molar-refractivity contribution in [1.29, 1.82) is 0 Å². The van der Waals surface area contributed by atoms with Crippen molar-refractivity contribution in [3.05, 3.63) is 53.9 Å². The smallest absolute Gasteiger partial charge is 0.221 e. The maximum atomic E-state index is 12.0. The molecule has 1 aliphatic rings. The van der Waals surface area contributed by atoms with Crippen LogP contribution in [0.3, 0.4) is 0 Å². The number of halogens is 1. The second kappa shape index (κ2) is 12.5. The first kappa shape index (κ1) is 23.2. The SMILES string of the molecule is CN=C(NCCC(=O)NC1CCCC1)NCc1ccccc1Cn1cccn1.I. The highest BCUT2D eigenvalue weighted by atomic mass is 127. The number of benzene rings is 1. The Balaban J connectivity index is 0.00000300. The van der Waals surface area contributed by atoms with E-state index in [-0.39, 0.29) is 29.9 Å². The topological polar surface area (TPSA) is 83.3 Å². The van der Waals surface area contributed by atoms with Gasteiger partial charge in [-0.2, -0.15) is 5.10 Å². The first-order valence-electron chi connectivity index (χ1n) is 10.0. The van der Waals surface area contributed by atoms with Crippen LogP contribution in [0.2, 0.25) is 0 Å². The molecule has 0 bridgehead atoms. The summed E-state index contributed by atoms with van der Waals surface area (Å²) >= 11 is 0. The molecule has 0 aliphatic heterocycles. The average Bonchev–Trinajstić information content (AvgIpc) is 3.40. The molecule has 29 heavy (non-hydrogen) atoms. The molecular formula is C21H31IN6O. The molecule has 7 nitrogen and oxygen atoms in total. The Morgan fingerprint density at radius 2 is 1.93 bits per heavy atom. The minimum atomic E-state index is 0. The Kier molecular flexibility index (Phi) is 9.96. The molecule has 0 saturated heterocycles. The molecule has 1 saturated carbocycles. The highest BCUT2D eigenvalue weighted by Gasteiger charge is 2.16. The zero-order chi connectivity index (χ0) is 19.6. The van der Waals surface area contributed by atoms with E-state index < -0.39 is 0 Å². The van der Waals surface area contributed by atoms with Gasteiger partial charge in [-0.1, -0.05) is 37.1 Å². The van der Waals surface area contributed by atoms with Crippen LogP contribution < -0.4 is 16.0 Å². The van der Waals surface area contributed by atoms with Crippen molar-refractivity contribution in [2.24, 2.45) is 4.99 Å². The molecule has 2 aromatic rings. The monoisotopic (exact) mass is 510 g/mol. The lowest BCUT2D eigenvalue weighted by Gasteiger charge is -2.15. The fraction of sp³-hybridized carbons (Fsp3) is 0.476. The molecule has 1 aliphatic carbocycles. The van der Waals surface area contributed by atoms with Crippen LogP contribution in [0.4, 0.5) is 0 Å². The van der Waals surface area contributed by atoms with Gasteiger partial charge in [0.05, 0.1) is 6.54 Å². The molecule has 1 heterocycles. The fourth-order valence-electron chi connectivity index (χ4n) is 3.52. The number of guanidine groups is 1. The lowest BCUT2D eigenvalue weighted by atomic mass is 10.1. The van der Waals surface area contributed by atoms with Crippen molar-refractivity contribution in [3.63, 3.8) is 0 Å². The summed E-state index contributed by atoms with van der Waals surface area (Å²) in [6, 6.07) is 10.6. The van der Waals surface area contributed by atoms with Crippen LogP contribution in [0.5, 0.6) is 0 Å². The van der Waals surface area contributed by atoms with Crippen LogP contribution in [0.1, 0.15) is 43.2 Å². The second-order valence-corrected chi connectivity index (χ2v) is 7.12. The van der Waals surface area contributed by atoms with Crippen LogP contribution in [-0.4, -0.2) is 41.3 Å². The Labute approximate surface area is 189 Å². The first-order valence-corrected chi connectivity index (χ1v) is 10.0. The molecule has 1 amide bonds. The van der Waals surface area contributed by atoms with Crippen molar-refractivity contribution in [1.82, 2.24) is 25.7 Å². The third kappa shape index (κ3) is 7.68. The number of nitrogens with zero attached hydrogens (tertiary/aromatic N) is 3. The fourth-order valence-corrected chi connectivity index (χ4v) is 3.52. The van der Waals surface area contributed by atoms with E-state index in [1.54, 1.807) is 13.2 Å². The predicted molar refractivity (Wildman–Crippen MR) is 126 cm³/mol. The third-order valence-electron chi connectivity index (χ3n) is 5.04. The van der Waals surface area contributed by atoms with E-state index in [9.17, 15) is 4.79 Å². The number of rotatable bonds is 8. The Morgan fingerprint density at radius 3 is 2.62 bits per heavy atom. The Hall–Kier alpha value is -2.10. The quantitative estimate of drug-likeness (QED) is 0.290. The van der Waals surface area contributed by atoms with Gasteiger partial charge in [0.2, 0.25) is 5.91 Å². The van der Waals surface area contributed by atoms with Gasteiger partial charge in [-0.05, 0) is 30.0 Å². The summed E-state index contributed by atoms with van der Waals surface area (Å²) in [4.78, 5) is 16.3. The first-order chi connectivity index (χ1) is 13.7. The molecule has 8 heteroatoms. The summed E-state index contributed by atoms with van der Waals surface area (Å²) in [5.41, 5.74) is 2.41. The maximum Gasteiger partial charge on any atom is 0.221 e. The van der Waals surface area contributed by atoms with Crippen LogP contribution in [0.25, 0.3) is 0 Å². The van der Waals surface area contributed by atoms with E-state index >= 15 is 0 Å². The molecule has 0 unspecified atom stereocenters. The highest BCUT2D eigenvalue weighted by molar-refractivity contribution is 14.0. The zero-order valence-corrected chi connectivity index (χ0v) is 19.3. The number of amides is 1. The lowest BCUT2D eigenvalue weighted by Crippen LogP contribution is -2.40. The standard InChI is InChI=1S/C21H30N6O.HI/c1-22-21(23-13-11-20(28)26-19-9-4-5-10-19)24-15-17-7-2-3-8-18(17)16-27-14-6-12-25-27;/h2-3,6-8,12,14,19H,4-5,9-11,13,15-16H2,1H3,(H,26,28)(H2,22,23,24);1H. The number of hydrogen-bond donors (Lipinski definition) is 3. The molecule has 0 atom stereocenters. The largest absolute Gasteiger partial charge is 0.356 e. The van der Waals surface area contributed by atoms with Gasteiger partial charge in [-0.3, -0.25) is 14.5 Å². The van der Waals surface area contributed by atoms with E-state index in [0.717, 1.165) is 19.4 Å². The molecule has 0 spiro atoms. The summed E-state index contributed by atoms with van der Waals surface area (Å²) < 4.78 is 1.91. The van der Waals surface area contributed by atoms with E-state index in [2.05, 4.69) is 38.2 Å². The van der Waals surface area contributed by atoms with Crippen LogP contribution in [0.15, 0.2) is 47.7 Å². The van der Waals surface area contributed by atoms with E-state index in [1.807, 2.05) is 29.1 Å². The summed E-state index contributed by atoms with van der Waals surface area (Å²) in [5.74, 6) is 0.807. The number of hydrogen-bond acceptors (Lipinski definition) is 3. The predicted octanol–water partition coefficient (Wildman–Crippen LogP) is 2.66. The summed E-state index contributed by atoms with van der Waals surface area (Å²) in [6.07, 6.45) is 8.87. The van der Waals surface area contributed by atoms with Gasteiger partial charge in [0.1, 0.15) is 0 Å².